The van der Waals surface area contributed by atoms with Gasteiger partial charge in [0.05, 0.1) is 0 Å². The second-order valence-electron chi connectivity index (χ2n) is 0. The quantitative estimate of drug-likeness (QED) is 0.531. The molecule has 0 aromatic heterocycles. The van der Waals surface area contributed by atoms with Crippen molar-refractivity contribution in [3.05, 3.63) is 0 Å². The van der Waals surface area contributed by atoms with Crippen LogP contribution in [0.1, 0.15) is 0 Å². The summed E-state index contributed by atoms with van der Waals surface area (Å²) in [5.41, 5.74) is 0. The first-order valence-electron chi connectivity index (χ1n) is 0. The first-order chi connectivity index (χ1) is 0. The van der Waals surface area contributed by atoms with Gasteiger partial charge >= 0.3 is 56.9 Å². The third-order valence-corrected chi connectivity index (χ3v) is 0. The van der Waals surface area contributed by atoms with Gasteiger partial charge in [-0.3, -0.25) is 0 Å². The summed E-state index contributed by atoms with van der Waals surface area (Å²) in [5, 5.41) is 0. The molecule has 0 N–H and O–H groups in total. The van der Waals surface area contributed by atoms with Gasteiger partial charge in [0.25, 0.3) is 0 Å². The average Bonchev–Trinajstić information content (AvgIpc) is 0. The van der Waals surface area contributed by atoms with E-state index < -0.39 is 0 Å². The van der Waals surface area contributed by atoms with E-state index in [4.69, 9.17) is 0 Å². The van der Waals surface area contributed by atoms with Crippen molar-refractivity contribution < 1.29 is 73.3 Å². The van der Waals surface area contributed by atoms with Gasteiger partial charge in [0.1, 0.15) is 0 Å². The zero-order valence-corrected chi connectivity index (χ0v) is 5.56. The molecule has 0 fully saturated rings. The van der Waals surface area contributed by atoms with Crippen LogP contribution in [0, 0.1) is 40.4 Å². The maximum absolute atomic E-state index is 0. The molecule has 5 heteroatoms. The minimum Gasteiger partial charge on any atom is -2.00 e. The zero-order valence-electron chi connectivity index (χ0n) is 1.95. The summed E-state index contributed by atoms with van der Waals surface area (Å²) in [7, 11) is 0. The maximum atomic E-state index is 0. The van der Waals surface area contributed by atoms with E-state index in [0.717, 1.165) is 0 Å². The summed E-state index contributed by atoms with van der Waals surface area (Å²) < 4.78 is 0. The molecule has 34 valence electrons. The van der Waals surface area contributed by atoms with Gasteiger partial charge < -0.3 is 16.4 Å². The molecule has 0 rings (SSSR count). The fraction of sp³-hybridized carbons (Fsp3) is 0. The van der Waals surface area contributed by atoms with Gasteiger partial charge in [0.15, 0.2) is 0 Å². The predicted molar refractivity (Wildman–Crippen MR) is 2.06 cm³/mol. The van der Waals surface area contributed by atoms with Crippen LogP contribution in [0.4, 0.5) is 0 Å². The van der Waals surface area contributed by atoms with Crippen molar-refractivity contribution in [2.24, 2.45) is 0 Å². The van der Waals surface area contributed by atoms with Crippen LogP contribution in [0.15, 0.2) is 0 Å². The standard InChI is InChI=1S/Ni.3O.Sm/q+3;3*-2;+3. The van der Waals surface area contributed by atoms with Gasteiger partial charge in [-0.05, 0) is 0 Å². The molecule has 0 bridgehead atoms. The monoisotopic (exact) mass is 258 g/mol. The minimum absolute atomic E-state index is 0. The fourth-order valence-electron chi connectivity index (χ4n) is 0. The number of hydrogen-bond donors (Lipinski definition) is 0. The Bertz CT molecular complexity index is 6.85. The Balaban J connectivity index is 0. The molecular weight excluding hydrogens is 257 g/mol. The van der Waals surface area contributed by atoms with Crippen LogP contribution in [-0.4, -0.2) is 0 Å². The van der Waals surface area contributed by atoms with Crippen LogP contribution in [0.2, 0.25) is 0 Å². The van der Waals surface area contributed by atoms with Gasteiger partial charge in [-0.15, -0.1) is 0 Å². The van der Waals surface area contributed by atoms with Crippen LogP contribution < -0.4 is 0 Å². The molecule has 0 aromatic carbocycles. The molecule has 0 saturated carbocycles. The van der Waals surface area contributed by atoms with E-state index in [1.54, 1.807) is 0 Å². The van der Waals surface area contributed by atoms with Crippen molar-refractivity contribution in [3.63, 3.8) is 0 Å². The third kappa shape index (κ3) is 26.9. The van der Waals surface area contributed by atoms with E-state index in [1.807, 2.05) is 0 Å². The zero-order chi connectivity index (χ0) is 0. The summed E-state index contributed by atoms with van der Waals surface area (Å²) in [6, 6.07) is 0. The Morgan fingerprint density at radius 2 is 0.600 bits per heavy atom. The molecule has 0 aliphatic carbocycles. The van der Waals surface area contributed by atoms with E-state index in [9.17, 15) is 0 Å². The SMILES string of the molecule is [Ni+3].[O-2].[O-2].[O-2].[Sm+3]. The fourth-order valence-corrected chi connectivity index (χ4v) is 0. The summed E-state index contributed by atoms with van der Waals surface area (Å²) in [6.45, 7) is 0. The van der Waals surface area contributed by atoms with E-state index >= 15 is 0 Å². The van der Waals surface area contributed by atoms with Gasteiger partial charge in [-0.2, -0.15) is 0 Å². The van der Waals surface area contributed by atoms with Gasteiger partial charge in [0, 0.05) is 0 Å². The number of hydrogen-bond acceptors (Lipinski definition) is 0. The van der Waals surface area contributed by atoms with Crippen LogP contribution in [0.25, 0.3) is 0 Å². The third-order valence-electron chi connectivity index (χ3n) is 0. The van der Waals surface area contributed by atoms with E-state index in [-0.39, 0.29) is 73.3 Å². The van der Waals surface area contributed by atoms with Crippen LogP contribution in [-0.2, 0) is 32.9 Å². The van der Waals surface area contributed by atoms with Crippen molar-refractivity contribution >= 4 is 0 Å². The van der Waals surface area contributed by atoms with Crippen molar-refractivity contribution in [2.45, 2.75) is 0 Å². The molecule has 0 aliphatic heterocycles. The first-order valence-corrected chi connectivity index (χ1v) is 0. The molecular formula is NiO3Sm. The topological polar surface area (TPSA) is 85.5 Å². The van der Waals surface area contributed by atoms with Gasteiger partial charge in [-0.25, -0.2) is 0 Å². The Kier molecular flexibility index (Phi) is 647. The molecule has 0 atom stereocenters. The molecule has 3 nitrogen and oxygen atoms in total. The molecule has 0 amide bonds. The molecule has 2 radical (unpaired) electrons. The Morgan fingerprint density at radius 1 is 0.600 bits per heavy atom. The second kappa shape index (κ2) is 43.3. The van der Waals surface area contributed by atoms with E-state index in [0.29, 0.717) is 0 Å². The minimum atomic E-state index is 0. The molecule has 5 heavy (non-hydrogen) atoms. The van der Waals surface area contributed by atoms with E-state index in [1.165, 1.54) is 0 Å². The van der Waals surface area contributed by atoms with Gasteiger partial charge in [-0.1, -0.05) is 0 Å². The summed E-state index contributed by atoms with van der Waals surface area (Å²) in [5.74, 6) is 0. The smallest absolute Gasteiger partial charge is 2.00 e. The predicted octanol–water partition coefficient (Wildman–Crippen LogP) is -0.359. The summed E-state index contributed by atoms with van der Waals surface area (Å²) in [4.78, 5) is 0. The second-order valence-corrected chi connectivity index (χ2v) is 0. The summed E-state index contributed by atoms with van der Waals surface area (Å²) >= 11 is 0. The van der Waals surface area contributed by atoms with Crippen LogP contribution >= 0.6 is 0 Å². The summed E-state index contributed by atoms with van der Waals surface area (Å²) in [6.07, 6.45) is 0. The van der Waals surface area contributed by atoms with Crippen molar-refractivity contribution in [1.82, 2.24) is 0 Å². The molecule has 0 aromatic rings. The van der Waals surface area contributed by atoms with Crippen LogP contribution in [0.3, 0.4) is 0 Å². The normalized spacial score (nSPS) is 0. The average molecular weight is 257 g/mol. The van der Waals surface area contributed by atoms with Crippen molar-refractivity contribution in [2.75, 3.05) is 0 Å². The Morgan fingerprint density at radius 3 is 0.600 bits per heavy atom. The molecule has 0 saturated heterocycles. The molecule has 0 spiro atoms. The number of rotatable bonds is 0. The Hall–Kier alpha value is 1.71. The van der Waals surface area contributed by atoms with E-state index in [2.05, 4.69) is 0 Å². The Labute approximate surface area is 72.5 Å². The van der Waals surface area contributed by atoms with Crippen LogP contribution in [0.5, 0.6) is 0 Å². The maximum Gasteiger partial charge on any atom is 3.00 e. The van der Waals surface area contributed by atoms with Crippen molar-refractivity contribution in [1.29, 1.82) is 0 Å². The molecule has 0 aliphatic rings. The van der Waals surface area contributed by atoms with Gasteiger partial charge in [0.2, 0.25) is 0 Å². The molecule has 0 unspecified atom stereocenters. The largest absolute Gasteiger partial charge is 3.00 e. The molecule has 0 heterocycles. The van der Waals surface area contributed by atoms with Crippen molar-refractivity contribution in [3.8, 4) is 0 Å². The first kappa shape index (κ1) is 74.8.